The Morgan fingerprint density at radius 3 is 2.70 bits per heavy atom. The van der Waals surface area contributed by atoms with Gasteiger partial charge in [-0.1, -0.05) is 0 Å². The Morgan fingerprint density at radius 1 is 1.35 bits per heavy atom. The average molecular weight is 275 g/mol. The van der Waals surface area contributed by atoms with Crippen LogP contribution in [-0.2, 0) is 6.54 Å². The van der Waals surface area contributed by atoms with Crippen molar-refractivity contribution in [1.82, 2.24) is 10.3 Å². The molecule has 0 aliphatic rings. The second kappa shape index (κ2) is 6.21. The molecule has 0 saturated carbocycles. The van der Waals surface area contributed by atoms with Crippen LogP contribution in [0.5, 0.6) is 0 Å². The first-order chi connectivity index (χ1) is 9.56. The molecular weight excluding hydrogens is 261 g/mol. The van der Waals surface area contributed by atoms with Crippen molar-refractivity contribution >= 4 is 5.69 Å². The van der Waals surface area contributed by atoms with Gasteiger partial charge in [0.05, 0.1) is 11.0 Å². The highest BCUT2D eigenvalue weighted by molar-refractivity contribution is 5.35. The first kappa shape index (κ1) is 14.1. The predicted octanol–water partition coefficient (Wildman–Crippen LogP) is 2.98. The molecule has 1 aromatic heterocycles. The molecule has 2 aromatic rings. The van der Waals surface area contributed by atoms with Gasteiger partial charge in [-0.2, -0.15) is 0 Å². The summed E-state index contributed by atoms with van der Waals surface area (Å²) in [5.74, 6) is -0.604. The number of halogens is 1. The lowest BCUT2D eigenvalue weighted by atomic mass is 10.1. The van der Waals surface area contributed by atoms with Crippen LogP contribution in [0, 0.1) is 15.9 Å². The number of nitrogens with zero attached hydrogens (tertiary/aromatic N) is 2. The fraction of sp³-hybridized carbons (Fsp3) is 0.214. The van der Waals surface area contributed by atoms with E-state index in [1.165, 1.54) is 12.1 Å². The Morgan fingerprint density at radius 2 is 2.05 bits per heavy atom. The van der Waals surface area contributed by atoms with E-state index >= 15 is 0 Å². The number of benzene rings is 1. The summed E-state index contributed by atoms with van der Waals surface area (Å²) in [6.07, 6.45) is 3.39. The normalized spacial score (nSPS) is 12.1. The highest BCUT2D eigenvalue weighted by Gasteiger charge is 2.11. The number of hydrogen-bond donors (Lipinski definition) is 1. The molecule has 0 fully saturated rings. The molecular formula is C14H14FN3O2. The van der Waals surface area contributed by atoms with Crippen LogP contribution in [0.2, 0.25) is 0 Å². The Hall–Kier alpha value is -2.34. The van der Waals surface area contributed by atoms with Crippen molar-refractivity contribution in [3.05, 3.63) is 69.8 Å². The van der Waals surface area contributed by atoms with Crippen LogP contribution in [-0.4, -0.2) is 9.91 Å². The standard InChI is InChI=1S/C14H14FN3O2/c1-10(12-2-4-16-5-3-12)17-9-11-6-13(15)8-14(7-11)18(19)20/h2-8,10,17H,9H2,1H3. The topological polar surface area (TPSA) is 68.1 Å². The van der Waals surface area contributed by atoms with Crippen LogP contribution in [0.4, 0.5) is 10.1 Å². The van der Waals surface area contributed by atoms with Crippen LogP contribution in [0.1, 0.15) is 24.1 Å². The van der Waals surface area contributed by atoms with Crippen molar-refractivity contribution in [2.45, 2.75) is 19.5 Å². The van der Waals surface area contributed by atoms with Crippen molar-refractivity contribution < 1.29 is 9.31 Å². The van der Waals surface area contributed by atoms with E-state index in [1.54, 1.807) is 12.4 Å². The van der Waals surface area contributed by atoms with Crippen LogP contribution >= 0.6 is 0 Å². The Balaban J connectivity index is 2.06. The van der Waals surface area contributed by atoms with Crippen LogP contribution in [0.25, 0.3) is 0 Å². The molecule has 0 bridgehead atoms. The first-order valence-electron chi connectivity index (χ1n) is 6.13. The monoisotopic (exact) mass is 275 g/mol. The molecule has 104 valence electrons. The SMILES string of the molecule is CC(NCc1cc(F)cc([N+](=O)[O-])c1)c1ccncc1. The molecule has 1 atom stereocenters. The first-order valence-corrected chi connectivity index (χ1v) is 6.13. The number of pyridine rings is 1. The quantitative estimate of drug-likeness (QED) is 0.672. The van der Waals surface area contributed by atoms with E-state index in [-0.39, 0.29) is 11.7 Å². The minimum Gasteiger partial charge on any atom is -0.306 e. The van der Waals surface area contributed by atoms with E-state index in [0.29, 0.717) is 12.1 Å². The van der Waals surface area contributed by atoms with E-state index in [1.807, 2.05) is 19.1 Å². The molecule has 0 spiro atoms. The van der Waals surface area contributed by atoms with Gasteiger partial charge in [0, 0.05) is 31.0 Å². The van der Waals surface area contributed by atoms with Crippen LogP contribution in [0.15, 0.2) is 42.7 Å². The molecule has 20 heavy (non-hydrogen) atoms. The van der Waals surface area contributed by atoms with Crippen LogP contribution < -0.4 is 5.32 Å². The summed E-state index contributed by atoms with van der Waals surface area (Å²) in [5, 5.41) is 13.9. The maximum Gasteiger partial charge on any atom is 0.272 e. The third-order valence-electron chi connectivity index (χ3n) is 2.97. The second-order valence-corrected chi connectivity index (χ2v) is 4.46. The van der Waals surface area contributed by atoms with Crippen LogP contribution in [0.3, 0.4) is 0 Å². The van der Waals surface area contributed by atoms with Gasteiger partial charge < -0.3 is 5.32 Å². The van der Waals surface area contributed by atoms with E-state index in [0.717, 1.165) is 11.6 Å². The van der Waals surface area contributed by atoms with Crippen molar-refractivity contribution in [2.24, 2.45) is 0 Å². The Kier molecular flexibility index (Phi) is 4.37. The zero-order valence-electron chi connectivity index (χ0n) is 10.9. The maximum absolute atomic E-state index is 13.3. The summed E-state index contributed by atoms with van der Waals surface area (Å²) in [7, 11) is 0. The Bertz CT molecular complexity index is 605. The van der Waals surface area contributed by atoms with E-state index in [4.69, 9.17) is 0 Å². The molecule has 0 aliphatic heterocycles. The third kappa shape index (κ3) is 3.58. The van der Waals surface area contributed by atoms with E-state index in [2.05, 4.69) is 10.3 Å². The molecule has 1 N–H and O–H groups in total. The van der Waals surface area contributed by atoms with Gasteiger partial charge in [-0.15, -0.1) is 0 Å². The summed E-state index contributed by atoms with van der Waals surface area (Å²) >= 11 is 0. The molecule has 5 nitrogen and oxygen atoms in total. The van der Waals surface area contributed by atoms with Gasteiger partial charge in [0.15, 0.2) is 0 Å². The fourth-order valence-electron chi connectivity index (χ4n) is 1.88. The van der Waals surface area contributed by atoms with Gasteiger partial charge in [0.2, 0.25) is 0 Å². The summed E-state index contributed by atoms with van der Waals surface area (Å²) in [5.41, 5.74) is 1.35. The van der Waals surface area contributed by atoms with E-state index in [9.17, 15) is 14.5 Å². The van der Waals surface area contributed by atoms with Crippen molar-refractivity contribution in [1.29, 1.82) is 0 Å². The predicted molar refractivity (Wildman–Crippen MR) is 72.5 cm³/mol. The molecule has 0 radical (unpaired) electrons. The summed E-state index contributed by atoms with van der Waals surface area (Å²) in [4.78, 5) is 14.0. The van der Waals surface area contributed by atoms with Gasteiger partial charge in [-0.05, 0) is 36.2 Å². The molecule has 1 heterocycles. The molecule has 0 amide bonds. The molecule has 0 aliphatic carbocycles. The zero-order valence-corrected chi connectivity index (χ0v) is 10.9. The minimum absolute atomic E-state index is 0.0420. The lowest BCUT2D eigenvalue weighted by molar-refractivity contribution is -0.385. The lowest BCUT2D eigenvalue weighted by Crippen LogP contribution is -2.18. The number of nitrogens with one attached hydrogen (secondary N) is 1. The zero-order chi connectivity index (χ0) is 14.5. The molecule has 2 rings (SSSR count). The van der Waals surface area contributed by atoms with Gasteiger partial charge in [0.25, 0.3) is 5.69 Å². The van der Waals surface area contributed by atoms with Crippen molar-refractivity contribution in [3.63, 3.8) is 0 Å². The smallest absolute Gasteiger partial charge is 0.272 e. The molecule has 1 aromatic carbocycles. The largest absolute Gasteiger partial charge is 0.306 e. The fourth-order valence-corrected chi connectivity index (χ4v) is 1.88. The summed E-state index contributed by atoms with van der Waals surface area (Å²) in [6.45, 7) is 2.31. The summed E-state index contributed by atoms with van der Waals surface area (Å²) < 4.78 is 13.3. The number of nitro benzene ring substituents is 1. The van der Waals surface area contributed by atoms with Crippen molar-refractivity contribution in [3.8, 4) is 0 Å². The van der Waals surface area contributed by atoms with Gasteiger partial charge in [-0.3, -0.25) is 15.1 Å². The molecule has 1 unspecified atom stereocenters. The van der Waals surface area contributed by atoms with E-state index < -0.39 is 10.7 Å². The lowest BCUT2D eigenvalue weighted by Gasteiger charge is -2.14. The number of rotatable bonds is 5. The van der Waals surface area contributed by atoms with Gasteiger partial charge >= 0.3 is 0 Å². The summed E-state index contributed by atoms with van der Waals surface area (Å²) in [6, 6.07) is 7.38. The van der Waals surface area contributed by atoms with Gasteiger partial charge in [-0.25, -0.2) is 4.39 Å². The third-order valence-corrected chi connectivity index (χ3v) is 2.97. The Labute approximate surface area is 115 Å². The number of non-ortho nitro benzene ring substituents is 1. The second-order valence-electron chi connectivity index (χ2n) is 4.46. The maximum atomic E-state index is 13.3. The highest BCUT2D eigenvalue weighted by Crippen LogP contribution is 2.17. The molecule has 0 saturated heterocycles. The number of hydrogen-bond acceptors (Lipinski definition) is 4. The number of nitro groups is 1. The average Bonchev–Trinajstić information content (AvgIpc) is 2.45. The van der Waals surface area contributed by atoms with Gasteiger partial charge in [0.1, 0.15) is 5.82 Å². The van der Waals surface area contributed by atoms with Crippen molar-refractivity contribution in [2.75, 3.05) is 0 Å². The molecule has 6 heteroatoms. The highest BCUT2D eigenvalue weighted by atomic mass is 19.1. The minimum atomic E-state index is -0.604. The number of aromatic nitrogens is 1.